The zero-order valence-corrected chi connectivity index (χ0v) is 11.1. The monoisotopic (exact) mass is 286 g/mol. The summed E-state index contributed by atoms with van der Waals surface area (Å²) in [7, 11) is 0. The number of nitrogens with two attached hydrogens (primary N) is 1. The third-order valence-corrected chi connectivity index (χ3v) is 3.53. The number of rotatable bonds is 2. The maximum absolute atomic E-state index is 10.4. The largest absolute Gasteiger partial charge is 0.408 e. The molecule has 0 amide bonds. The lowest BCUT2D eigenvalue weighted by Crippen LogP contribution is -2.50. The Morgan fingerprint density at radius 1 is 1.55 bits per heavy atom. The van der Waals surface area contributed by atoms with Gasteiger partial charge in [-0.15, -0.1) is 0 Å². The lowest BCUT2D eigenvalue weighted by molar-refractivity contribution is -0.123. The first kappa shape index (κ1) is 14.7. The molecule has 1 fully saturated rings. The molecule has 0 spiro atoms. The number of nitrogen functional groups attached to an aromatic ring is 1. The maximum Gasteiger partial charge on any atom is 0.270 e. The summed E-state index contributed by atoms with van der Waals surface area (Å²) in [4.78, 5) is 3.79. The molecule has 9 heteroatoms. The highest BCUT2D eigenvalue weighted by molar-refractivity contribution is 5.23. The van der Waals surface area contributed by atoms with Crippen LogP contribution >= 0.6 is 0 Å². The van der Waals surface area contributed by atoms with E-state index in [-0.39, 0.29) is 11.4 Å². The molecule has 1 aromatic heterocycles. The molecule has 1 aromatic rings. The summed E-state index contributed by atoms with van der Waals surface area (Å²) in [6.45, 7) is 2.33. The molecule has 9 nitrogen and oxygen atoms in total. The quantitative estimate of drug-likeness (QED) is 0.316. The average Bonchev–Trinajstić information content (AvgIpc) is 2.60. The second kappa shape index (κ2) is 4.70. The predicted molar refractivity (Wildman–Crippen MR) is 66.2 cm³/mol. The van der Waals surface area contributed by atoms with Gasteiger partial charge in [0, 0.05) is 6.20 Å². The molecule has 1 saturated heterocycles. The second-order valence-electron chi connectivity index (χ2n) is 5.23. The minimum Gasteiger partial charge on any atom is -0.408 e. The Hall–Kier alpha value is -1.68. The third kappa shape index (κ3) is 2.04. The number of nitrogens with zero attached hydrogens (tertiary/aromatic N) is 3. The van der Waals surface area contributed by atoms with E-state index in [0.29, 0.717) is 0 Å². The molecular weight excluding hydrogens is 268 g/mol. The summed E-state index contributed by atoms with van der Waals surface area (Å²) >= 11 is 0. The molecule has 6 N–H and O–H groups in total. The van der Waals surface area contributed by atoms with Crippen LogP contribution in [-0.2, 0) is 4.74 Å². The van der Waals surface area contributed by atoms with Crippen LogP contribution in [0.25, 0.3) is 0 Å². The van der Waals surface area contributed by atoms with E-state index in [1.807, 2.05) is 0 Å². The molecule has 4 atom stereocenters. The van der Waals surface area contributed by atoms with Crippen LogP contribution in [0.1, 0.15) is 20.1 Å². The SMILES string of the molecule is C[C@]1(O)[C@H](n2ccc(N)n/c2=N\O)O[C@](C)(CO)[C@H]1O. The van der Waals surface area contributed by atoms with Crippen LogP contribution in [0, 0.1) is 0 Å². The number of hydrogen-bond donors (Lipinski definition) is 5. The standard InChI is InChI=1S/C11H18N4O5/c1-10(5-16)7(17)11(2,18)8(20-10)15-4-3-6(12)13-9(15)14-19/h3-4,7-8,16-19H,5H2,1-2H3,(H2,12,13,14)/t7-,8-,10-,11-/m1/s1. The number of ether oxygens (including phenoxy) is 1. The number of anilines is 1. The van der Waals surface area contributed by atoms with Gasteiger partial charge in [0.1, 0.15) is 23.1 Å². The van der Waals surface area contributed by atoms with Crippen molar-refractivity contribution in [2.24, 2.45) is 5.16 Å². The molecule has 1 aliphatic heterocycles. The van der Waals surface area contributed by atoms with E-state index in [9.17, 15) is 15.3 Å². The van der Waals surface area contributed by atoms with Gasteiger partial charge in [-0.1, -0.05) is 0 Å². The zero-order valence-electron chi connectivity index (χ0n) is 11.1. The Balaban J connectivity index is 2.54. The van der Waals surface area contributed by atoms with Crippen LogP contribution in [0.4, 0.5) is 5.82 Å². The van der Waals surface area contributed by atoms with E-state index in [4.69, 9.17) is 15.7 Å². The Labute approximate surface area is 114 Å². The van der Waals surface area contributed by atoms with E-state index >= 15 is 0 Å². The highest BCUT2D eigenvalue weighted by Gasteiger charge is 2.59. The minimum atomic E-state index is -1.72. The molecule has 1 aliphatic rings. The van der Waals surface area contributed by atoms with Gasteiger partial charge in [0.15, 0.2) is 6.23 Å². The van der Waals surface area contributed by atoms with Crippen LogP contribution in [0.3, 0.4) is 0 Å². The first-order valence-corrected chi connectivity index (χ1v) is 5.98. The molecule has 0 saturated carbocycles. The lowest BCUT2D eigenvalue weighted by atomic mass is 9.89. The second-order valence-corrected chi connectivity index (χ2v) is 5.23. The molecule has 20 heavy (non-hydrogen) atoms. The Morgan fingerprint density at radius 2 is 2.20 bits per heavy atom. The fraction of sp³-hybridized carbons (Fsp3) is 0.636. The van der Waals surface area contributed by atoms with E-state index in [0.717, 1.165) is 0 Å². The Bertz CT molecular complexity index is 572. The van der Waals surface area contributed by atoms with Crippen molar-refractivity contribution in [1.29, 1.82) is 0 Å². The fourth-order valence-electron chi connectivity index (χ4n) is 2.34. The van der Waals surface area contributed by atoms with Crippen LogP contribution in [-0.4, -0.2) is 54.0 Å². The summed E-state index contributed by atoms with van der Waals surface area (Å²) in [5, 5.41) is 41.9. The number of aliphatic hydroxyl groups excluding tert-OH is 2. The van der Waals surface area contributed by atoms with Crippen molar-refractivity contribution in [3.8, 4) is 0 Å². The molecule has 0 aromatic carbocycles. The highest BCUT2D eigenvalue weighted by atomic mass is 16.6. The fourth-order valence-corrected chi connectivity index (χ4v) is 2.34. The van der Waals surface area contributed by atoms with Gasteiger partial charge in [0.25, 0.3) is 5.62 Å². The van der Waals surface area contributed by atoms with Crippen molar-refractivity contribution in [1.82, 2.24) is 9.55 Å². The first-order valence-electron chi connectivity index (χ1n) is 5.98. The van der Waals surface area contributed by atoms with Crippen molar-refractivity contribution in [2.45, 2.75) is 37.4 Å². The molecule has 112 valence electrons. The molecule has 0 radical (unpaired) electrons. The van der Waals surface area contributed by atoms with Crippen molar-refractivity contribution in [3.05, 3.63) is 17.9 Å². The summed E-state index contributed by atoms with van der Waals surface area (Å²) in [6.07, 6.45) is -1.04. The molecule has 0 bridgehead atoms. The summed E-state index contributed by atoms with van der Waals surface area (Å²) < 4.78 is 6.78. The van der Waals surface area contributed by atoms with Gasteiger partial charge in [-0.05, 0) is 25.1 Å². The van der Waals surface area contributed by atoms with E-state index in [2.05, 4.69) is 10.1 Å². The highest BCUT2D eigenvalue weighted by Crippen LogP contribution is 2.43. The first-order chi connectivity index (χ1) is 9.26. The zero-order chi connectivity index (χ0) is 15.1. The van der Waals surface area contributed by atoms with E-state index < -0.39 is 30.1 Å². The van der Waals surface area contributed by atoms with E-state index in [1.54, 1.807) is 0 Å². The van der Waals surface area contributed by atoms with Gasteiger partial charge in [0.2, 0.25) is 0 Å². The normalized spacial score (nSPS) is 38.4. The predicted octanol–water partition coefficient (Wildman–Crippen LogP) is -1.85. The van der Waals surface area contributed by atoms with Gasteiger partial charge in [0.05, 0.1) is 6.61 Å². The van der Waals surface area contributed by atoms with Crippen molar-refractivity contribution >= 4 is 5.82 Å². The molecule has 0 unspecified atom stereocenters. The van der Waals surface area contributed by atoms with Crippen molar-refractivity contribution in [3.63, 3.8) is 0 Å². The van der Waals surface area contributed by atoms with Crippen molar-refractivity contribution in [2.75, 3.05) is 12.3 Å². The van der Waals surface area contributed by atoms with Gasteiger partial charge >= 0.3 is 0 Å². The summed E-state index contributed by atoms with van der Waals surface area (Å²) in [5.74, 6) is 0.122. The van der Waals surface area contributed by atoms with Crippen LogP contribution in [0.5, 0.6) is 0 Å². The van der Waals surface area contributed by atoms with Crippen LogP contribution in [0.15, 0.2) is 17.4 Å². The van der Waals surface area contributed by atoms with Crippen LogP contribution in [0.2, 0.25) is 0 Å². The van der Waals surface area contributed by atoms with Gasteiger partial charge in [-0.25, -0.2) is 0 Å². The van der Waals surface area contributed by atoms with Crippen LogP contribution < -0.4 is 11.4 Å². The molecule has 2 rings (SSSR count). The summed E-state index contributed by atoms with van der Waals surface area (Å²) in [5.41, 5.74) is 2.22. The van der Waals surface area contributed by atoms with Gasteiger partial charge in [-0.2, -0.15) is 4.98 Å². The Kier molecular flexibility index (Phi) is 3.46. The lowest BCUT2D eigenvalue weighted by Gasteiger charge is -2.28. The molecule has 0 aliphatic carbocycles. The van der Waals surface area contributed by atoms with Crippen molar-refractivity contribution < 1.29 is 25.3 Å². The maximum atomic E-state index is 10.4. The number of aromatic nitrogens is 2. The number of hydrogen-bond acceptors (Lipinski definition) is 8. The topological polar surface area (TPSA) is 146 Å². The van der Waals surface area contributed by atoms with Gasteiger partial charge in [-0.3, -0.25) is 4.57 Å². The molecular formula is C11H18N4O5. The third-order valence-electron chi connectivity index (χ3n) is 3.53. The Morgan fingerprint density at radius 3 is 2.70 bits per heavy atom. The van der Waals surface area contributed by atoms with E-state index in [1.165, 1.54) is 30.7 Å². The smallest absolute Gasteiger partial charge is 0.270 e. The molecule has 2 heterocycles. The minimum absolute atomic E-state index is 0.122. The van der Waals surface area contributed by atoms with Gasteiger partial charge < -0.3 is 31.0 Å². The summed E-state index contributed by atoms with van der Waals surface area (Å²) in [6, 6.07) is 1.43. The average molecular weight is 286 g/mol. The number of aliphatic hydroxyl groups is 3.